The molecule has 0 aliphatic carbocycles. The minimum absolute atomic E-state index is 0.207. The van der Waals surface area contributed by atoms with Crippen molar-refractivity contribution in [3.8, 4) is 0 Å². The summed E-state index contributed by atoms with van der Waals surface area (Å²) in [7, 11) is -3.51. The van der Waals surface area contributed by atoms with Gasteiger partial charge in [-0.25, -0.2) is 13.1 Å². The zero-order valence-electron chi connectivity index (χ0n) is 11.2. The van der Waals surface area contributed by atoms with Crippen LogP contribution in [-0.4, -0.2) is 25.1 Å². The second kappa shape index (κ2) is 6.00. The Hall–Kier alpha value is -1.29. The van der Waals surface area contributed by atoms with Crippen molar-refractivity contribution in [2.24, 2.45) is 5.73 Å². The Morgan fingerprint density at radius 1 is 1.45 bits per heavy atom. The molecule has 0 aliphatic heterocycles. The van der Waals surface area contributed by atoms with Gasteiger partial charge in [-0.1, -0.05) is 5.16 Å². The average Bonchev–Trinajstić information content (AvgIpc) is 2.95. The van der Waals surface area contributed by atoms with Gasteiger partial charge < -0.3 is 10.3 Å². The van der Waals surface area contributed by atoms with Gasteiger partial charge >= 0.3 is 0 Å². The molecule has 2 aromatic heterocycles. The first kappa shape index (κ1) is 15.1. The van der Waals surface area contributed by atoms with E-state index in [1.54, 1.807) is 13.0 Å². The smallest absolute Gasteiger partial charge is 0.250 e. The number of nitrogens with zero attached hydrogens (tertiary/aromatic N) is 2. The Kier molecular flexibility index (Phi) is 4.53. The monoisotopic (exact) mass is 316 g/mol. The Morgan fingerprint density at radius 3 is 2.75 bits per heavy atom. The summed E-state index contributed by atoms with van der Waals surface area (Å²) in [6.45, 7) is 4.10. The van der Waals surface area contributed by atoms with Crippen LogP contribution in [0.4, 0.5) is 0 Å². The highest BCUT2D eigenvalue weighted by Crippen LogP contribution is 2.25. The number of aromatic nitrogens is 2. The van der Waals surface area contributed by atoms with Crippen LogP contribution in [0.3, 0.4) is 0 Å². The molecule has 0 unspecified atom stereocenters. The van der Waals surface area contributed by atoms with E-state index >= 15 is 0 Å². The molecule has 0 aliphatic rings. The lowest BCUT2D eigenvalue weighted by Crippen LogP contribution is -2.25. The van der Waals surface area contributed by atoms with Crippen LogP contribution in [0.25, 0.3) is 0 Å². The Morgan fingerprint density at radius 2 is 2.20 bits per heavy atom. The number of hydrogen-bond donors (Lipinski definition) is 2. The van der Waals surface area contributed by atoms with Crippen molar-refractivity contribution >= 4 is 21.4 Å². The van der Waals surface area contributed by atoms with E-state index in [9.17, 15) is 8.42 Å². The van der Waals surface area contributed by atoms with Gasteiger partial charge in [0.25, 0.3) is 0 Å². The molecule has 110 valence electrons. The van der Waals surface area contributed by atoms with E-state index in [0.29, 0.717) is 24.7 Å². The maximum Gasteiger partial charge on any atom is 0.250 e. The lowest BCUT2D eigenvalue weighted by atomic mass is 10.3. The first-order valence-corrected chi connectivity index (χ1v) is 8.30. The lowest BCUT2D eigenvalue weighted by molar-refractivity contribution is 0.375. The van der Waals surface area contributed by atoms with Gasteiger partial charge in [0.05, 0.1) is 0 Å². The summed E-state index contributed by atoms with van der Waals surface area (Å²) >= 11 is 1.19. The number of sulfonamides is 1. The molecule has 20 heavy (non-hydrogen) atoms. The fourth-order valence-corrected chi connectivity index (χ4v) is 4.17. The van der Waals surface area contributed by atoms with E-state index in [4.69, 9.17) is 10.3 Å². The standard InChI is InChI=1S/C11H16N4O3S2/c1-7-5-11(19-9(7)6-12)20(16,17)13-4-3-10-14-8(2)15-18-10/h5,13H,3-4,6,12H2,1-2H3. The van der Waals surface area contributed by atoms with Crippen molar-refractivity contribution in [1.82, 2.24) is 14.9 Å². The third kappa shape index (κ3) is 3.42. The summed E-state index contributed by atoms with van der Waals surface area (Å²) in [6.07, 6.45) is 0.355. The van der Waals surface area contributed by atoms with Crippen molar-refractivity contribution in [2.75, 3.05) is 6.54 Å². The molecule has 2 aromatic rings. The zero-order chi connectivity index (χ0) is 14.8. The summed E-state index contributed by atoms with van der Waals surface area (Å²) in [5.41, 5.74) is 6.45. The van der Waals surface area contributed by atoms with E-state index in [0.717, 1.165) is 10.4 Å². The number of aryl methyl sites for hydroxylation is 2. The van der Waals surface area contributed by atoms with E-state index in [1.807, 2.05) is 6.92 Å². The van der Waals surface area contributed by atoms with Crippen LogP contribution in [-0.2, 0) is 23.0 Å². The second-order valence-corrected chi connectivity index (χ2v) is 7.39. The zero-order valence-corrected chi connectivity index (χ0v) is 12.8. The number of nitrogens with one attached hydrogen (secondary N) is 1. The molecule has 0 radical (unpaired) electrons. The Bertz CT molecular complexity index is 690. The maximum atomic E-state index is 12.1. The van der Waals surface area contributed by atoms with Crippen molar-refractivity contribution < 1.29 is 12.9 Å². The first-order chi connectivity index (χ1) is 9.42. The van der Waals surface area contributed by atoms with Crippen LogP contribution in [0.5, 0.6) is 0 Å². The number of thiophene rings is 1. The first-order valence-electron chi connectivity index (χ1n) is 6.00. The quantitative estimate of drug-likeness (QED) is 0.812. The summed E-state index contributed by atoms with van der Waals surface area (Å²) in [6, 6.07) is 1.63. The Balaban J connectivity index is 2.00. The van der Waals surface area contributed by atoms with Gasteiger partial charge in [-0.05, 0) is 25.5 Å². The van der Waals surface area contributed by atoms with Crippen LogP contribution in [0, 0.1) is 13.8 Å². The Labute approximate surface area is 121 Å². The molecular formula is C11H16N4O3S2. The molecule has 0 saturated carbocycles. The minimum Gasteiger partial charge on any atom is -0.339 e. The van der Waals surface area contributed by atoms with Crippen LogP contribution < -0.4 is 10.5 Å². The summed E-state index contributed by atoms with van der Waals surface area (Å²) < 4.78 is 31.9. The highest BCUT2D eigenvalue weighted by atomic mass is 32.2. The molecule has 0 amide bonds. The lowest BCUT2D eigenvalue weighted by Gasteiger charge is -2.02. The highest BCUT2D eigenvalue weighted by molar-refractivity contribution is 7.91. The average molecular weight is 316 g/mol. The van der Waals surface area contributed by atoms with E-state index in [1.165, 1.54) is 11.3 Å². The molecule has 0 atom stereocenters. The second-order valence-electron chi connectivity index (χ2n) is 4.26. The molecule has 0 fully saturated rings. The van der Waals surface area contributed by atoms with Crippen molar-refractivity contribution in [2.45, 2.75) is 31.0 Å². The SMILES string of the molecule is Cc1noc(CCNS(=O)(=O)c2cc(C)c(CN)s2)n1. The molecule has 3 N–H and O–H groups in total. The summed E-state index contributed by atoms with van der Waals surface area (Å²) in [5, 5.41) is 3.64. The molecule has 0 spiro atoms. The van der Waals surface area contributed by atoms with Crippen LogP contribution >= 0.6 is 11.3 Å². The van der Waals surface area contributed by atoms with E-state index < -0.39 is 10.0 Å². The molecule has 0 aromatic carbocycles. The number of rotatable bonds is 6. The van der Waals surface area contributed by atoms with Gasteiger partial charge in [0.1, 0.15) is 4.21 Å². The highest BCUT2D eigenvalue weighted by Gasteiger charge is 2.18. The molecular weight excluding hydrogens is 300 g/mol. The number of hydrogen-bond acceptors (Lipinski definition) is 7. The molecule has 9 heteroatoms. The predicted molar refractivity (Wildman–Crippen MR) is 74.9 cm³/mol. The van der Waals surface area contributed by atoms with Crippen LogP contribution in [0.1, 0.15) is 22.2 Å². The fraction of sp³-hybridized carbons (Fsp3) is 0.455. The van der Waals surface area contributed by atoms with Crippen molar-refractivity contribution in [3.05, 3.63) is 28.2 Å². The van der Waals surface area contributed by atoms with Gasteiger partial charge in [-0.3, -0.25) is 0 Å². The van der Waals surface area contributed by atoms with Gasteiger partial charge in [-0.15, -0.1) is 11.3 Å². The summed E-state index contributed by atoms with van der Waals surface area (Å²) in [5.74, 6) is 0.944. The minimum atomic E-state index is -3.51. The van der Waals surface area contributed by atoms with Gasteiger partial charge in [0.2, 0.25) is 15.9 Å². The van der Waals surface area contributed by atoms with Gasteiger partial charge in [-0.2, -0.15) is 4.98 Å². The van der Waals surface area contributed by atoms with Gasteiger partial charge in [0.15, 0.2) is 5.82 Å². The van der Waals surface area contributed by atoms with Gasteiger partial charge in [0, 0.05) is 24.4 Å². The third-order valence-corrected chi connectivity index (χ3v) is 5.84. The third-order valence-electron chi connectivity index (χ3n) is 2.65. The molecule has 2 heterocycles. The van der Waals surface area contributed by atoms with E-state index in [2.05, 4.69) is 14.9 Å². The largest absolute Gasteiger partial charge is 0.339 e. The topological polar surface area (TPSA) is 111 Å². The molecule has 0 saturated heterocycles. The molecule has 2 rings (SSSR count). The normalized spacial score (nSPS) is 11.9. The van der Waals surface area contributed by atoms with Crippen LogP contribution in [0.15, 0.2) is 14.8 Å². The van der Waals surface area contributed by atoms with Crippen LogP contribution in [0.2, 0.25) is 0 Å². The van der Waals surface area contributed by atoms with E-state index in [-0.39, 0.29) is 10.8 Å². The van der Waals surface area contributed by atoms with Crippen molar-refractivity contribution in [3.63, 3.8) is 0 Å². The summed E-state index contributed by atoms with van der Waals surface area (Å²) in [4.78, 5) is 4.88. The fourth-order valence-electron chi connectivity index (χ4n) is 1.63. The number of nitrogens with two attached hydrogens (primary N) is 1. The maximum absolute atomic E-state index is 12.1. The molecule has 0 bridgehead atoms. The molecule has 7 nitrogen and oxygen atoms in total. The van der Waals surface area contributed by atoms with Crippen molar-refractivity contribution in [1.29, 1.82) is 0 Å². The predicted octanol–water partition coefficient (Wildman–Crippen LogP) is 0.728.